The van der Waals surface area contributed by atoms with Gasteiger partial charge in [0.1, 0.15) is 11.6 Å². The highest BCUT2D eigenvalue weighted by Crippen LogP contribution is 2.41. The Kier molecular flexibility index (Phi) is 7.71. The van der Waals surface area contributed by atoms with Gasteiger partial charge in [0, 0.05) is 29.4 Å². The van der Waals surface area contributed by atoms with Crippen molar-refractivity contribution in [2.45, 2.75) is 65.2 Å². The van der Waals surface area contributed by atoms with Crippen LogP contribution in [-0.4, -0.2) is 27.1 Å². The van der Waals surface area contributed by atoms with Gasteiger partial charge in [0.25, 0.3) is 0 Å². The molecule has 0 aliphatic heterocycles. The number of para-hydroxylation sites is 1. The van der Waals surface area contributed by atoms with Crippen molar-refractivity contribution in [3.63, 3.8) is 0 Å². The van der Waals surface area contributed by atoms with E-state index in [-0.39, 0.29) is 11.3 Å². The summed E-state index contributed by atoms with van der Waals surface area (Å²) in [7, 11) is 0. The quantitative estimate of drug-likeness (QED) is 0.341. The minimum absolute atomic E-state index is 0.0532. The van der Waals surface area contributed by atoms with Gasteiger partial charge < -0.3 is 9.47 Å². The second kappa shape index (κ2) is 10.2. The molecule has 0 saturated heterocycles. The predicted molar refractivity (Wildman–Crippen MR) is 129 cm³/mol. The molecule has 0 bridgehead atoms. The van der Waals surface area contributed by atoms with E-state index in [1.165, 1.54) is 24.5 Å². The van der Waals surface area contributed by atoms with Crippen LogP contribution in [0.15, 0.2) is 60.9 Å². The van der Waals surface area contributed by atoms with Gasteiger partial charge >= 0.3 is 12.1 Å². The minimum Gasteiger partial charge on any atom is -0.446 e. The summed E-state index contributed by atoms with van der Waals surface area (Å²) in [4.78, 5) is 25.9. The number of carbonyl (C=O) groups excluding carboxylic acids is 1. The molecule has 9 heteroatoms. The van der Waals surface area contributed by atoms with E-state index < -0.39 is 35.3 Å². The number of alkyl halides is 3. The number of pyridine rings is 1. The van der Waals surface area contributed by atoms with Crippen LogP contribution in [0.4, 0.5) is 13.2 Å². The first kappa shape index (κ1) is 27.1. The first-order valence-electron chi connectivity index (χ1n) is 11.5. The zero-order valence-corrected chi connectivity index (χ0v) is 21.1. The highest BCUT2D eigenvalue weighted by Gasteiger charge is 2.47. The molecule has 0 aliphatic carbocycles. The fourth-order valence-corrected chi connectivity index (χ4v) is 3.59. The van der Waals surface area contributed by atoms with Gasteiger partial charge in [0.15, 0.2) is 0 Å². The van der Waals surface area contributed by atoms with Crippen LogP contribution >= 0.6 is 0 Å². The summed E-state index contributed by atoms with van der Waals surface area (Å²) in [6, 6.07) is 12.5. The van der Waals surface area contributed by atoms with Crippen molar-refractivity contribution in [3.05, 3.63) is 78.0 Å². The summed E-state index contributed by atoms with van der Waals surface area (Å²) >= 11 is 0. The SMILES string of the molecule is CC(C)(C)c1ncc(C(C(=O)OC(c2cccc(Oc3ccccc3)n2)C(F)(F)F)C(C)(C)C)cn1. The number of carbonyl (C=O) groups is 1. The maximum Gasteiger partial charge on any atom is 0.431 e. The number of ether oxygens (including phenoxy) is 2. The number of esters is 1. The zero-order valence-electron chi connectivity index (χ0n) is 21.1. The number of hydrogen-bond acceptors (Lipinski definition) is 6. The molecule has 0 radical (unpaired) electrons. The van der Waals surface area contributed by atoms with E-state index in [1.807, 2.05) is 20.8 Å². The standard InChI is InChI=1S/C27H30F3N3O3/c1-25(2,3)21(17-15-31-24(32-16-17)26(4,5)6)23(34)36-22(27(28,29)30)19-13-10-14-20(33-19)35-18-11-8-7-9-12-18/h7-16,21-22H,1-6H3. The molecule has 192 valence electrons. The minimum atomic E-state index is -4.90. The third-order valence-electron chi connectivity index (χ3n) is 5.29. The van der Waals surface area contributed by atoms with Crippen molar-refractivity contribution in [3.8, 4) is 11.6 Å². The van der Waals surface area contributed by atoms with Crippen LogP contribution in [0.5, 0.6) is 11.6 Å². The topological polar surface area (TPSA) is 74.2 Å². The Labute approximate surface area is 208 Å². The van der Waals surface area contributed by atoms with Gasteiger partial charge in [0.05, 0.1) is 11.6 Å². The van der Waals surface area contributed by atoms with Gasteiger partial charge in [-0.05, 0) is 23.6 Å². The largest absolute Gasteiger partial charge is 0.446 e. The first-order valence-corrected chi connectivity index (χ1v) is 11.5. The Balaban J connectivity index is 1.91. The molecule has 6 nitrogen and oxygen atoms in total. The van der Waals surface area contributed by atoms with Crippen LogP contribution in [0.1, 0.15) is 70.6 Å². The normalized spacial score (nSPS) is 14.1. The molecule has 0 amide bonds. The van der Waals surface area contributed by atoms with E-state index in [0.29, 0.717) is 17.1 Å². The maximum atomic E-state index is 14.1. The molecular weight excluding hydrogens is 471 g/mol. The molecule has 0 saturated carbocycles. The van der Waals surface area contributed by atoms with Crippen molar-refractivity contribution in [2.75, 3.05) is 0 Å². The van der Waals surface area contributed by atoms with Crippen molar-refractivity contribution < 1.29 is 27.4 Å². The summed E-state index contributed by atoms with van der Waals surface area (Å²) in [5, 5.41) is 0. The van der Waals surface area contributed by atoms with Gasteiger partial charge in [-0.25, -0.2) is 15.0 Å². The molecule has 3 aromatic rings. The van der Waals surface area contributed by atoms with Gasteiger partial charge in [-0.1, -0.05) is 65.8 Å². The summed E-state index contributed by atoms with van der Waals surface area (Å²) < 4.78 is 52.9. The lowest BCUT2D eigenvalue weighted by Crippen LogP contribution is -2.34. The highest BCUT2D eigenvalue weighted by atomic mass is 19.4. The van der Waals surface area contributed by atoms with Gasteiger partial charge in [-0.2, -0.15) is 13.2 Å². The Bertz CT molecular complexity index is 1170. The highest BCUT2D eigenvalue weighted by molar-refractivity contribution is 5.79. The van der Waals surface area contributed by atoms with E-state index in [2.05, 4.69) is 15.0 Å². The van der Waals surface area contributed by atoms with Crippen LogP contribution in [0.25, 0.3) is 0 Å². The fraction of sp³-hybridized carbons (Fsp3) is 0.407. The summed E-state index contributed by atoms with van der Waals surface area (Å²) in [5.41, 5.74) is -1.21. The molecule has 3 rings (SSSR count). The zero-order chi connectivity index (χ0) is 26.7. The number of nitrogens with zero attached hydrogens (tertiary/aromatic N) is 3. The summed E-state index contributed by atoms with van der Waals surface area (Å²) in [6.07, 6.45) is -4.54. The maximum absolute atomic E-state index is 14.1. The molecule has 2 heterocycles. The number of halogens is 3. The van der Waals surface area contributed by atoms with Gasteiger partial charge in [-0.15, -0.1) is 0 Å². The Morgan fingerprint density at radius 3 is 2.00 bits per heavy atom. The van der Waals surface area contributed by atoms with E-state index in [1.54, 1.807) is 51.1 Å². The van der Waals surface area contributed by atoms with Crippen LogP contribution in [0.3, 0.4) is 0 Å². The van der Waals surface area contributed by atoms with E-state index in [4.69, 9.17) is 9.47 Å². The van der Waals surface area contributed by atoms with Crippen molar-refractivity contribution in [1.29, 1.82) is 0 Å². The lowest BCUT2D eigenvalue weighted by molar-refractivity contribution is -0.227. The average Bonchev–Trinajstić information content (AvgIpc) is 2.76. The predicted octanol–water partition coefficient (Wildman–Crippen LogP) is 6.94. The molecule has 0 N–H and O–H groups in total. The first-order chi connectivity index (χ1) is 16.7. The summed E-state index contributed by atoms with van der Waals surface area (Å²) in [6.45, 7) is 11.0. The second-order valence-electron chi connectivity index (χ2n) is 10.6. The monoisotopic (exact) mass is 501 g/mol. The van der Waals surface area contributed by atoms with Crippen LogP contribution in [0, 0.1) is 5.41 Å². The Hall–Kier alpha value is -3.49. The molecule has 2 atom stereocenters. The Morgan fingerprint density at radius 2 is 1.47 bits per heavy atom. The van der Waals surface area contributed by atoms with Crippen LogP contribution in [-0.2, 0) is 14.9 Å². The molecule has 0 aliphatic rings. The number of rotatable bonds is 6. The second-order valence-corrected chi connectivity index (χ2v) is 10.6. The van der Waals surface area contributed by atoms with Gasteiger partial charge in [0.2, 0.25) is 12.0 Å². The molecule has 2 aromatic heterocycles. The van der Waals surface area contributed by atoms with E-state index in [9.17, 15) is 18.0 Å². The van der Waals surface area contributed by atoms with E-state index in [0.717, 1.165) is 6.07 Å². The molecular formula is C27H30F3N3O3. The third kappa shape index (κ3) is 6.80. The smallest absolute Gasteiger partial charge is 0.431 e. The van der Waals surface area contributed by atoms with E-state index >= 15 is 0 Å². The van der Waals surface area contributed by atoms with Crippen molar-refractivity contribution >= 4 is 5.97 Å². The fourth-order valence-electron chi connectivity index (χ4n) is 3.59. The van der Waals surface area contributed by atoms with Crippen LogP contribution in [0.2, 0.25) is 0 Å². The van der Waals surface area contributed by atoms with Crippen molar-refractivity contribution in [1.82, 2.24) is 15.0 Å². The molecule has 1 aromatic carbocycles. The van der Waals surface area contributed by atoms with Crippen LogP contribution < -0.4 is 4.74 Å². The Morgan fingerprint density at radius 1 is 0.861 bits per heavy atom. The molecule has 36 heavy (non-hydrogen) atoms. The lowest BCUT2D eigenvalue weighted by Gasteiger charge is -2.31. The van der Waals surface area contributed by atoms with Gasteiger partial charge in [-0.3, -0.25) is 4.79 Å². The van der Waals surface area contributed by atoms with Crippen molar-refractivity contribution in [2.24, 2.45) is 5.41 Å². The number of benzene rings is 1. The molecule has 0 fully saturated rings. The number of aromatic nitrogens is 3. The summed E-state index contributed by atoms with van der Waals surface area (Å²) in [5.74, 6) is -1.18. The lowest BCUT2D eigenvalue weighted by atomic mass is 9.77. The average molecular weight is 502 g/mol. The third-order valence-corrected chi connectivity index (χ3v) is 5.29. The molecule has 2 unspecified atom stereocenters. The molecule has 0 spiro atoms. The number of hydrogen-bond donors (Lipinski definition) is 0.